The number of hydrogen-bond acceptors (Lipinski definition) is 0. The van der Waals surface area contributed by atoms with Crippen LogP contribution in [0.25, 0.3) is 10.8 Å². The lowest BCUT2D eigenvalue weighted by Crippen LogP contribution is -2.10. The monoisotopic (exact) mass is 254 g/mol. The summed E-state index contributed by atoms with van der Waals surface area (Å²) in [5, 5.41) is 2.82. The summed E-state index contributed by atoms with van der Waals surface area (Å²) in [6.07, 6.45) is 1.10. The van der Waals surface area contributed by atoms with Gasteiger partial charge in [0.2, 0.25) is 0 Å². The predicted molar refractivity (Wildman–Crippen MR) is 86.1 cm³/mol. The highest BCUT2D eigenvalue weighted by molar-refractivity contribution is 5.87. The third-order valence-corrected chi connectivity index (χ3v) is 3.97. The molecule has 2 rings (SSSR count). The van der Waals surface area contributed by atoms with Crippen molar-refractivity contribution in [3.63, 3.8) is 0 Å². The Kier molecular flexibility index (Phi) is 3.71. The normalized spacial score (nSPS) is 12.4. The average Bonchev–Trinajstić information content (AvgIpc) is 2.35. The molecule has 0 bridgehead atoms. The maximum absolute atomic E-state index is 2.38. The Bertz CT molecular complexity index is 583. The van der Waals surface area contributed by atoms with Crippen LogP contribution in [0.5, 0.6) is 0 Å². The fourth-order valence-electron chi connectivity index (χ4n) is 2.57. The third-order valence-electron chi connectivity index (χ3n) is 3.97. The molecule has 0 aliphatic carbocycles. The van der Waals surface area contributed by atoms with Crippen molar-refractivity contribution in [1.29, 1.82) is 0 Å². The number of rotatable bonds is 2. The summed E-state index contributed by atoms with van der Waals surface area (Å²) in [4.78, 5) is 0. The van der Waals surface area contributed by atoms with Gasteiger partial charge in [-0.15, -0.1) is 0 Å². The molecule has 0 radical (unpaired) electrons. The molecule has 0 aromatic heterocycles. The lowest BCUT2D eigenvalue weighted by atomic mass is 9.84. The summed E-state index contributed by atoms with van der Waals surface area (Å²) in [7, 11) is 0. The molecule has 0 heterocycles. The Balaban J connectivity index is 2.70. The Labute approximate surface area is 117 Å². The molecule has 0 heteroatoms. The van der Waals surface area contributed by atoms with Crippen LogP contribution in [0.4, 0.5) is 0 Å². The van der Waals surface area contributed by atoms with Gasteiger partial charge in [-0.1, -0.05) is 71.9 Å². The molecule has 0 amide bonds. The van der Waals surface area contributed by atoms with Crippen molar-refractivity contribution in [3.8, 4) is 0 Å². The quantitative estimate of drug-likeness (QED) is 0.633. The van der Waals surface area contributed by atoms with Gasteiger partial charge in [0, 0.05) is 0 Å². The molecule has 0 saturated heterocycles. The van der Waals surface area contributed by atoms with Gasteiger partial charge in [-0.2, -0.15) is 0 Å². The highest BCUT2D eigenvalue weighted by atomic mass is 14.2. The van der Waals surface area contributed by atoms with Crippen LogP contribution in [0.3, 0.4) is 0 Å². The van der Waals surface area contributed by atoms with Gasteiger partial charge in [0.15, 0.2) is 0 Å². The van der Waals surface area contributed by atoms with Gasteiger partial charge in [-0.05, 0) is 45.2 Å². The van der Waals surface area contributed by atoms with Crippen LogP contribution in [0, 0.1) is 0 Å². The standard InChI is InChI=1S/C19H26/c1-7-14-10-15(13(2)3)11-16-12-17(19(4,5)6)8-9-18(14)16/h8-13H,7H2,1-6H3. The number of hydrogen-bond donors (Lipinski definition) is 0. The molecule has 0 spiro atoms. The van der Waals surface area contributed by atoms with E-state index in [1.807, 2.05) is 0 Å². The Morgan fingerprint density at radius 1 is 1.00 bits per heavy atom. The van der Waals surface area contributed by atoms with Gasteiger partial charge < -0.3 is 0 Å². The van der Waals surface area contributed by atoms with Crippen LogP contribution in [0.2, 0.25) is 0 Å². The lowest BCUT2D eigenvalue weighted by molar-refractivity contribution is 0.591. The van der Waals surface area contributed by atoms with E-state index in [1.165, 1.54) is 27.5 Å². The van der Waals surface area contributed by atoms with E-state index in [9.17, 15) is 0 Å². The molecular formula is C19H26. The largest absolute Gasteiger partial charge is 0.0613 e. The van der Waals surface area contributed by atoms with Crippen molar-refractivity contribution in [2.24, 2.45) is 0 Å². The molecule has 19 heavy (non-hydrogen) atoms. The van der Waals surface area contributed by atoms with Crippen LogP contribution in [-0.2, 0) is 11.8 Å². The van der Waals surface area contributed by atoms with Crippen LogP contribution in [0.1, 0.15) is 64.2 Å². The maximum atomic E-state index is 2.38. The second-order valence-electron chi connectivity index (χ2n) is 6.87. The van der Waals surface area contributed by atoms with E-state index in [-0.39, 0.29) is 5.41 Å². The summed E-state index contributed by atoms with van der Waals surface area (Å²) >= 11 is 0. The Morgan fingerprint density at radius 2 is 1.68 bits per heavy atom. The molecule has 0 fully saturated rings. The topological polar surface area (TPSA) is 0 Å². The van der Waals surface area contributed by atoms with E-state index < -0.39 is 0 Å². The van der Waals surface area contributed by atoms with Crippen molar-refractivity contribution in [3.05, 3.63) is 47.0 Å². The van der Waals surface area contributed by atoms with Crippen molar-refractivity contribution in [1.82, 2.24) is 0 Å². The highest BCUT2D eigenvalue weighted by Gasteiger charge is 2.15. The number of aryl methyl sites for hydroxylation is 1. The molecule has 0 unspecified atom stereocenters. The Morgan fingerprint density at radius 3 is 2.21 bits per heavy atom. The van der Waals surface area contributed by atoms with Gasteiger partial charge in [-0.3, -0.25) is 0 Å². The fraction of sp³-hybridized carbons (Fsp3) is 0.474. The first-order valence-electron chi connectivity index (χ1n) is 7.40. The van der Waals surface area contributed by atoms with Crippen LogP contribution in [-0.4, -0.2) is 0 Å². The highest BCUT2D eigenvalue weighted by Crippen LogP contribution is 2.30. The summed E-state index contributed by atoms with van der Waals surface area (Å²) in [5.74, 6) is 0.591. The van der Waals surface area contributed by atoms with Crippen LogP contribution >= 0.6 is 0 Å². The molecule has 0 saturated carbocycles. The van der Waals surface area contributed by atoms with Crippen molar-refractivity contribution >= 4 is 10.8 Å². The second kappa shape index (κ2) is 5.00. The van der Waals surface area contributed by atoms with E-state index in [0.29, 0.717) is 5.92 Å². The summed E-state index contributed by atoms with van der Waals surface area (Å²) in [5.41, 5.74) is 4.56. The number of benzene rings is 2. The van der Waals surface area contributed by atoms with Gasteiger partial charge in [0.1, 0.15) is 0 Å². The molecule has 0 aliphatic heterocycles. The molecule has 0 nitrogen and oxygen atoms in total. The van der Waals surface area contributed by atoms with E-state index in [2.05, 4.69) is 71.9 Å². The SMILES string of the molecule is CCc1cc(C(C)C)cc2cc(C(C)(C)C)ccc12. The lowest BCUT2D eigenvalue weighted by Gasteiger charge is -2.20. The van der Waals surface area contributed by atoms with Crippen molar-refractivity contribution < 1.29 is 0 Å². The molecule has 0 N–H and O–H groups in total. The first-order chi connectivity index (χ1) is 8.82. The molecule has 102 valence electrons. The Hall–Kier alpha value is -1.30. The van der Waals surface area contributed by atoms with Crippen LogP contribution < -0.4 is 0 Å². The smallest absolute Gasteiger partial charge is 0.0132 e. The van der Waals surface area contributed by atoms with Gasteiger partial charge in [0.05, 0.1) is 0 Å². The van der Waals surface area contributed by atoms with E-state index in [0.717, 1.165) is 6.42 Å². The third kappa shape index (κ3) is 2.83. The summed E-state index contributed by atoms with van der Waals surface area (Å²) < 4.78 is 0. The van der Waals surface area contributed by atoms with Gasteiger partial charge in [0.25, 0.3) is 0 Å². The minimum atomic E-state index is 0.217. The zero-order chi connectivity index (χ0) is 14.2. The average molecular weight is 254 g/mol. The van der Waals surface area contributed by atoms with E-state index in [1.54, 1.807) is 0 Å². The zero-order valence-electron chi connectivity index (χ0n) is 13.2. The minimum absolute atomic E-state index is 0.217. The van der Waals surface area contributed by atoms with E-state index in [4.69, 9.17) is 0 Å². The minimum Gasteiger partial charge on any atom is -0.0613 e. The molecule has 0 aliphatic rings. The number of fused-ring (bicyclic) bond motifs is 1. The molecule has 2 aromatic rings. The summed E-state index contributed by atoms with van der Waals surface area (Å²) in [6, 6.07) is 11.7. The summed E-state index contributed by atoms with van der Waals surface area (Å²) in [6.45, 7) is 13.6. The zero-order valence-corrected chi connectivity index (χ0v) is 13.2. The first-order valence-corrected chi connectivity index (χ1v) is 7.40. The van der Waals surface area contributed by atoms with E-state index >= 15 is 0 Å². The van der Waals surface area contributed by atoms with Crippen molar-refractivity contribution in [2.45, 2.75) is 59.3 Å². The maximum Gasteiger partial charge on any atom is -0.0132 e. The molecule has 0 atom stereocenters. The fourth-order valence-corrected chi connectivity index (χ4v) is 2.57. The van der Waals surface area contributed by atoms with Crippen molar-refractivity contribution in [2.75, 3.05) is 0 Å². The first kappa shape index (κ1) is 14.1. The molecule has 2 aromatic carbocycles. The molecular weight excluding hydrogens is 228 g/mol. The second-order valence-corrected chi connectivity index (χ2v) is 6.87. The van der Waals surface area contributed by atoms with Crippen LogP contribution in [0.15, 0.2) is 30.3 Å². The van der Waals surface area contributed by atoms with Gasteiger partial charge in [-0.25, -0.2) is 0 Å². The predicted octanol–water partition coefficient (Wildman–Crippen LogP) is 5.82. The van der Waals surface area contributed by atoms with Gasteiger partial charge >= 0.3 is 0 Å².